The summed E-state index contributed by atoms with van der Waals surface area (Å²) in [6.45, 7) is 0.753. The highest BCUT2D eigenvalue weighted by molar-refractivity contribution is 5.98. The van der Waals surface area contributed by atoms with Gasteiger partial charge in [0.15, 0.2) is 0 Å². The van der Waals surface area contributed by atoms with Gasteiger partial charge in [0.2, 0.25) is 0 Å². The molecule has 1 heterocycles. The van der Waals surface area contributed by atoms with Crippen molar-refractivity contribution in [2.45, 2.75) is 25.7 Å². The summed E-state index contributed by atoms with van der Waals surface area (Å²) in [5, 5.41) is 9.15. The van der Waals surface area contributed by atoms with Crippen LogP contribution in [-0.2, 0) is 0 Å². The van der Waals surface area contributed by atoms with E-state index in [-0.39, 0.29) is 5.91 Å². The Bertz CT molecular complexity index is 341. The van der Waals surface area contributed by atoms with E-state index in [1.807, 2.05) is 0 Å². The largest absolute Gasteiger partial charge is 0.383 e. The smallest absolute Gasteiger partial charge is 0.256 e. The standard InChI is InChI=1S/C10H16N4O/c11-9-8(6-13-14-9)10(15)12-5-7-3-1-2-4-7/h6-7H,1-5H2,(H,12,15)(H3,11,13,14). The van der Waals surface area contributed by atoms with Crippen LogP contribution in [0.15, 0.2) is 6.20 Å². The molecule has 0 aromatic carbocycles. The lowest BCUT2D eigenvalue weighted by molar-refractivity contribution is 0.0948. The number of carbonyl (C=O) groups excluding carboxylic acids is 1. The summed E-state index contributed by atoms with van der Waals surface area (Å²) in [5.41, 5.74) is 5.98. The van der Waals surface area contributed by atoms with Crippen LogP contribution < -0.4 is 11.1 Å². The Hall–Kier alpha value is -1.52. The van der Waals surface area contributed by atoms with Gasteiger partial charge in [-0.25, -0.2) is 0 Å². The molecule has 0 unspecified atom stereocenters. The van der Waals surface area contributed by atoms with Crippen molar-refractivity contribution in [3.05, 3.63) is 11.8 Å². The van der Waals surface area contributed by atoms with Gasteiger partial charge in [-0.2, -0.15) is 5.10 Å². The van der Waals surface area contributed by atoms with E-state index in [0.29, 0.717) is 17.3 Å². The molecule has 0 spiro atoms. The number of nitrogens with two attached hydrogens (primary N) is 1. The second-order valence-electron chi connectivity index (χ2n) is 4.06. The van der Waals surface area contributed by atoms with Gasteiger partial charge in [0.1, 0.15) is 11.4 Å². The molecule has 1 aliphatic rings. The van der Waals surface area contributed by atoms with Crippen LogP contribution >= 0.6 is 0 Å². The Morgan fingerprint density at radius 3 is 2.93 bits per heavy atom. The molecule has 1 aromatic heterocycles. The minimum Gasteiger partial charge on any atom is -0.383 e. The maximum atomic E-state index is 11.6. The highest BCUT2D eigenvalue weighted by Gasteiger charge is 2.17. The van der Waals surface area contributed by atoms with Gasteiger partial charge in [0, 0.05) is 6.54 Å². The Morgan fingerprint density at radius 2 is 2.33 bits per heavy atom. The number of hydrogen-bond donors (Lipinski definition) is 3. The van der Waals surface area contributed by atoms with Crippen LogP contribution in [0, 0.1) is 5.92 Å². The fourth-order valence-corrected chi connectivity index (χ4v) is 2.02. The van der Waals surface area contributed by atoms with Crippen LogP contribution in [0.2, 0.25) is 0 Å². The monoisotopic (exact) mass is 208 g/mol. The van der Waals surface area contributed by atoms with Gasteiger partial charge in [-0.1, -0.05) is 12.8 Å². The molecule has 5 heteroatoms. The first-order valence-corrected chi connectivity index (χ1v) is 5.34. The summed E-state index contributed by atoms with van der Waals surface area (Å²) in [6.07, 6.45) is 6.48. The molecule has 1 fully saturated rings. The van der Waals surface area contributed by atoms with Crippen molar-refractivity contribution in [1.82, 2.24) is 15.5 Å². The molecule has 2 rings (SSSR count). The third-order valence-electron chi connectivity index (χ3n) is 2.94. The number of H-pyrrole nitrogens is 1. The third kappa shape index (κ3) is 2.29. The molecule has 15 heavy (non-hydrogen) atoms. The van der Waals surface area contributed by atoms with Gasteiger partial charge in [-0.15, -0.1) is 0 Å². The molecule has 0 atom stereocenters. The predicted molar refractivity (Wildman–Crippen MR) is 57.3 cm³/mol. The van der Waals surface area contributed by atoms with Crippen LogP contribution in [-0.4, -0.2) is 22.6 Å². The fourth-order valence-electron chi connectivity index (χ4n) is 2.02. The van der Waals surface area contributed by atoms with Crippen LogP contribution in [0.4, 0.5) is 5.82 Å². The summed E-state index contributed by atoms with van der Waals surface area (Å²) >= 11 is 0. The van der Waals surface area contributed by atoms with Crippen molar-refractivity contribution in [3.8, 4) is 0 Å². The Morgan fingerprint density at radius 1 is 1.60 bits per heavy atom. The molecule has 1 aromatic rings. The summed E-state index contributed by atoms with van der Waals surface area (Å²) in [6, 6.07) is 0. The number of aromatic amines is 1. The molecule has 1 saturated carbocycles. The maximum Gasteiger partial charge on any atom is 0.256 e. The Balaban J connectivity index is 1.84. The number of anilines is 1. The highest BCUT2D eigenvalue weighted by Crippen LogP contribution is 2.23. The highest BCUT2D eigenvalue weighted by atomic mass is 16.1. The van der Waals surface area contributed by atoms with Crippen LogP contribution in [0.1, 0.15) is 36.0 Å². The number of nitrogen functional groups attached to an aromatic ring is 1. The van der Waals surface area contributed by atoms with Gasteiger partial charge in [0.25, 0.3) is 5.91 Å². The number of nitrogens with zero attached hydrogens (tertiary/aromatic N) is 1. The van der Waals surface area contributed by atoms with Gasteiger partial charge >= 0.3 is 0 Å². The first-order chi connectivity index (χ1) is 7.27. The molecule has 0 aliphatic heterocycles. The average molecular weight is 208 g/mol. The minimum atomic E-state index is -0.131. The average Bonchev–Trinajstić information content (AvgIpc) is 2.84. The van der Waals surface area contributed by atoms with E-state index in [9.17, 15) is 4.79 Å². The number of rotatable bonds is 3. The van der Waals surface area contributed by atoms with Crippen molar-refractivity contribution >= 4 is 11.7 Å². The lowest BCUT2D eigenvalue weighted by atomic mass is 10.1. The quantitative estimate of drug-likeness (QED) is 0.690. The van der Waals surface area contributed by atoms with Crippen molar-refractivity contribution in [2.75, 3.05) is 12.3 Å². The normalized spacial score (nSPS) is 16.8. The molecule has 0 saturated heterocycles. The molecule has 1 aliphatic carbocycles. The second-order valence-corrected chi connectivity index (χ2v) is 4.06. The maximum absolute atomic E-state index is 11.6. The zero-order valence-electron chi connectivity index (χ0n) is 8.62. The third-order valence-corrected chi connectivity index (χ3v) is 2.94. The Labute approximate surface area is 88.4 Å². The van der Waals surface area contributed by atoms with E-state index in [1.165, 1.54) is 31.9 Å². The topological polar surface area (TPSA) is 83.8 Å². The van der Waals surface area contributed by atoms with E-state index in [2.05, 4.69) is 15.5 Å². The minimum absolute atomic E-state index is 0.131. The molecule has 0 radical (unpaired) electrons. The summed E-state index contributed by atoms with van der Waals surface area (Å²) < 4.78 is 0. The van der Waals surface area contributed by atoms with E-state index < -0.39 is 0 Å². The lowest BCUT2D eigenvalue weighted by Gasteiger charge is -2.09. The molecule has 5 nitrogen and oxygen atoms in total. The zero-order chi connectivity index (χ0) is 10.7. The van der Waals surface area contributed by atoms with Gasteiger partial charge in [0.05, 0.1) is 6.20 Å². The molecule has 0 bridgehead atoms. The van der Waals surface area contributed by atoms with E-state index >= 15 is 0 Å². The van der Waals surface area contributed by atoms with Crippen molar-refractivity contribution in [1.29, 1.82) is 0 Å². The summed E-state index contributed by atoms with van der Waals surface area (Å²) in [7, 11) is 0. The Kier molecular flexibility index (Phi) is 2.89. The summed E-state index contributed by atoms with van der Waals surface area (Å²) in [4.78, 5) is 11.6. The molecule has 1 amide bonds. The number of amides is 1. The molecular formula is C10H16N4O. The SMILES string of the molecule is Nc1[nH]ncc1C(=O)NCC1CCCC1. The number of carbonyl (C=O) groups is 1. The second kappa shape index (κ2) is 4.33. The fraction of sp³-hybridized carbons (Fsp3) is 0.600. The number of nitrogens with one attached hydrogen (secondary N) is 2. The predicted octanol–water partition coefficient (Wildman–Crippen LogP) is 0.912. The van der Waals surface area contributed by atoms with Crippen molar-refractivity contribution in [2.24, 2.45) is 5.92 Å². The van der Waals surface area contributed by atoms with Gasteiger partial charge in [-0.3, -0.25) is 9.89 Å². The summed E-state index contributed by atoms with van der Waals surface area (Å²) in [5.74, 6) is 0.842. The van der Waals surface area contributed by atoms with Crippen LogP contribution in [0.3, 0.4) is 0 Å². The lowest BCUT2D eigenvalue weighted by Crippen LogP contribution is -2.28. The van der Waals surface area contributed by atoms with Gasteiger partial charge < -0.3 is 11.1 Å². The van der Waals surface area contributed by atoms with Crippen molar-refractivity contribution in [3.63, 3.8) is 0 Å². The molecule has 82 valence electrons. The van der Waals surface area contributed by atoms with E-state index in [1.54, 1.807) is 0 Å². The zero-order valence-corrected chi connectivity index (χ0v) is 8.62. The number of aromatic nitrogens is 2. The van der Waals surface area contributed by atoms with E-state index in [4.69, 9.17) is 5.73 Å². The van der Waals surface area contributed by atoms with Gasteiger partial charge in [-0.05, 0) is 18.8 Å². The van der Waals surface area contributed by atoms with Crippen LogP contribution in [0.5, 0.6) is 0 Å². The first kappa shape index (κ1) is 10.0. The molecule has 4 N–H and O–H groups in total. The van der Waals surface area contributed by atoms with Crippen molar-refractivity contribution < 1.29 is 4.79 Å². The first-order valence-electron chi connectivity index (χ1n) is 5.34. The van der Waals surface area contributed by atoms with E-state index in [0.717, 1.165) is 6.54 Å². The van der Waals surface area contributed by atoms with Crippen LogP contribution in [0.25, 0.3) is 0 Å². The number of hydrogen-bond acceptors (Lipinski definition) is 3. The molecular weight excluding hydrogens is 192 g/mol.